The molecule has 3 nitrogen and oxygen atoms in total. The molecule has 0 radical (unpaired) electrons. The standard InChI is InChI=1S/C16H18N2O/c1-10(2)13-5-7-14(8-6-13)15-9-11(3)17-16(18-15)12(4)19/h5-10H,1-4H3. The lowest BCUT2D eigenvalue weighted by Gasteiger charge is -2.08. The van der Waals surface area contributed by atoms with Gasteiger partial charge in [-0.2, -0.15) is 0 Å². The van der Waals surface area contributed by atoms with Crippen molar-refractivity contribution in [1.82, 2.24) is 9.97 Å². The van der Waals surface area contributed by atoms with E-state index in [1.807, 2.05) is 25.1 Å². The highest BCUT2D eigenvalue weighted by molar-refractivity contribution is 5.90. The summed E-state index contributed by atoms with van der Waals surface area (Å²) in [6, 6.07) is 10.2. The molecule has 3 heteroatoms. The highest BCUT2D eigenvalue weighted by Gasteiger charge is 2.08. The maximum absolute atomic E-state index is 11.4. The maximum atomic E-state index is 11.4. The SMILES string of the molecule is CC(=O)c1nc(C)cc(-c2ccc(C(C)C)cc2)n1. The average Bonchev–Trinajstić information content (AvgIpc) is 2.38. The molecule has 0 atom stereocenters. The first-order valence-corrected chi connectivity index (χ1v) is 6.44. The molecule has 1 heterocycles. The molecule has 0 spiro atoms. The van der Waals surface area contributed by atoms with Crippen LogP contribution in [0.4, 0.5) is 0 Å². The second-order valence-corrected chi connectivity index (χ2v) is 5.05. The van der Waals surface area contributed by atoms with E-state index < -0.39 is 0 Å². The Labute approximate surface area is 113 Å². The molecule has 0 aliphatic carbocycles. The van der Waals surface area contributed by atoms with Crippen molar-refractivity contribution in [2.75, 3.05) is 0 Å². The first-order chi connectivity index (χ1) is 8.97. The molecule has 0 saturated heterocycles. The van der Waals surface area contributed by atoms with Crippen molar-refractivity contribution in [3.05, 3.63) is 47.4 Å². The summed E-state index contributed by atoms with van der Waals surface area (Å²) in [5.74, 6) is 0.681. The Morgan fingerprint density at radius 2 is 1.74 bits per heavy atom. The molecule has 0 aliphatic heterocycles. The fraction of sp³-hybridized carbons (Fsp3) is 0.312. The number of benzene rings is 1. The number of aryl methyl sites for hydroxylation is 1. The van der Waals surface area contributed by atoms with E-state index in [4.69, 9.17) is 0 Å². The van der Waals surface area contributed by atoms with Crippen LogP contribution in [0.1, 0.15) is 48.6 Å². The van der Waals surface area contributed by atoms with Crippen LogP contribution in [0, 0.1) is 6.92 Å². The van der Waals surface area contributed by atoms with Crippen LogP contribution in [0.2, 0.25) is 0 Å². The molecule has 0 saturated carbocycles. The van der Waals surface area contributed by atoms with Gasteiger partial charge in [-0.25, -0.2) is 9.97 Å². The number of ketones is 1. The lowest BCUT2D eigenvalue weighted by molar-refractivity contribution is 0.100. The number of carbonyl (C=O) groups excluding carboxylic acids is 1. The van der Waals surface area contributed by atoms with Gasteiger partial charge in [0.2, 0.25) is 0 Å². The minimum Gasteiger partial charge on any atom is -0.291 e. The summed E-state index contributed by atoms with van der Waals surface area (Å²) < 4.78 is 0. The van der Waals surface area contributed by atoms with Gasteiger partial charge in [0.1, 0.15) is 0 Å². The van der Waals surface area contributed by atoms with Gasteiger partial charge >= 0.3 is 0 Å². The van der Waals surface area contributed by atoms with E-state index in [0.29, 0.717) is 5.92 Å². The zero-order valence-corrected chi connectivity index (χ0v) is 11.8. The van der Waals surface area contributed by atoms with Crippen molar-refractivity contribution in [3.8, 4) is 11.3 Å². The smallest absolute Gasteiger partial charge is 0.196 e. The molecule has 2 aromatic rings. The Balaban J connectivity index is 2.43. The Kier molecular flexibility index (Phi) is 3.74. The van der Waals surface area contributed by atoms with E-state index >= 15 is 0 Å². The third-order valence-electron chi connectivity index (χ3n) is 3.04. The third kappa shape index (κ3) is 3.05. The van der Waals surface area contributed by atoms with Crippen LogP contribution in [0.25, 0.3) is 11.3 Å². The number of hydrogen-bond acceptors (Lipinski definition) is 3. The zero-order chi connectivity index (χ0) is 14.0. The summed E-state index contributed by atoms with van der Waals surface area (Å²) in [5, 5.41) is 0. The van der Waals surface area contributed by atoms with E-state index in [9.17, 15) is 4.79 Å². The predicted octanol–water partition coefficient (Wildman–Crippen LogP) is 3.78. The number of carbonyl (C=O) groups is 1. The maximum Gasteiger partial charge on any atom is 0.196 e. The number of rotatable bonds is 3. The van der Waals surface area contributed by atoms with Crippen molar-refractivity contribution in [1.29, 1.82) is 0 Å². The number of nitrogens with zero attached hydrogens (tertiary/aromatic N) is 2. The molecule has 98 valence electrons. The van der Waals surface area contributed by atoms with Crippen LogP contribution in [0.15, 0.2) is 30.3 Å². The molecule has 2 rings (SSSR count). The van der Waals surface area contributed by atoms with Crippen molar-refractivity contribution >= 4 is 5.78 Å². The Morgan fingerprint density at radius 3 is 2.26 bits per heavy atom. The van der Waals surface area contributed by atoms with Crippen molar-refractivity contribution in [3.63, 3.8) is 0 Å². The van der Waals surface area contributed by atoms with Crippen molar-refractivity contribution in [2.24, 2.45) is 0 Å². The Hall–Kier alpha value is -2.03. The molecule has 0 N–H and O–H groups in total. The van der Waals surface area contributed by atoms with Gasteiger partial charge in [0, 0.05) is 18.2 Å². The van der Waals surface area contributed by atoms with Crippen molar-refractivity contribution in [2.45, 2.75) is 33.6 Å². The predicted molar refractivity (Wildman–Crippen MR) is 76.3 cm³/mol. The summed E-state index contributed by atoms with van der Waals surface area (Å²) in [5.41, 5.74) is 3.91. The van der Waals surface area contributed by atoms with Crippen LogP contribution in [-0.2, 0) is 0 Å². The van der Waals surface area contributed by atoms with Crippen LogP contribution in [-0.4, -0.2) is 15.8 Å². The molecular formula is C16H18N2O. The first-order valence-electron chi connectivity index (χ1n) is 6.44. The van der Waals surface area contributed by atoms with Gasteiger partial charge < -0.3 is 0 Å². The molecule has 0 unspecified atom stereocenters. The van der Waals surface area contributed by atoms with Gasteiger partial charge in [-0.15, -0.1) is 0 Å². The minimum atomic E-state index is -0.108. The minimum absolute atomic E-state index is 0.108. The normalized spacial score (nSPS) is 10.8. The molecule has 0 amide bonds. The summed E-state index contributed by atoms with van der Waals surface area (Å²) in [7, 11) is 0. The van der Waals surface area contributed by atoms with E-state index in [1.165, 1.54) is 12.5 Å². The first kappa shape index (κ1) is 13.4. The number of aromatic nitrogens is 2. The van der Waals surface area contributed by atoms with Gasteiger partial charge in [-0.05, 0) is 24.5 Å². The van der Waals surface area contributed by atoms with E-state index in [-0.39, 0.29) is 11.6 Å². The van der Waals surface area contributed by atoms with E-state index in [0.717, 1.165) is 17.0 Å². The average molecular weight is 254 g/mol. The van der Waals surface area contributed by atoms with Crippen LogP contribution in [0.5, 0.6) is 0 Å². The monoisotopic (exact) mass is 254 g/mol. The Bertz CT molecular complexity index is 601. The molecule has 0 bridgehead atoms. The summed E-state index contributed by atoms with van der Waals surface area (Å²) in [4.78, 5) is 19.9. The third-order valence-corrected chi connectivity index (χ3v) is 3.04. The molecule has 0 fully saturated rings. The summed E-state index contributed by atoms with van der Waals surface area (Å²) in [6.07, 6.45) is 0. The fourth-order valence-corrected chi connectivity index (χ4v) is 1.91. The highest BCUT2D eigenvalue weighted by Crippen LogP contribution is 2.21. The zero-order valence-electron chi connectivity index (χ0n) is 11.8. The lowest BCUT2D eigenvalue weighted by atomic mass is 10.0. The van der Waals surface area contributed by atoms with Gasteiger partial charge in [-0.1, -0.05) is 38.1 Å². The largest absolute Gasteiger partial charge is 0.291 e. The van der Waals surface area contributed by atoms with E-state index in [1.54, 1.807) is 0 Å². The summed E-state index contributed by atoms with van der Waals surface area (Å²) in [6.45, 7) is 7.69. The topological polar surface area (TPSA) is 42.9 Å². The fourth-order valence-electron chi connectivity index (χ4n) is 1.91. The molecular weight excluding hydrogens is 236 g/mol. The highest BCUT2D eigenvalue weighted by atomic mass is 16.1. The van der Waals surface area contributed by atoms with E-state index in [2.05, 4.69) is 35.9 Å². The molecule has 19 heavy (non-hydrogen) atoms. The van der Waals surface area contributed by atoms with Crippen LogP contribution in [0.3, 0.4) is 0 Å². The van der Waals surface area contributed by atoms with Crippen LogP contribution < -0.4 is 0 Å². The summed E-state index contributed by atoms with van der Waals surface area (Å²) >= 11 is 0. The number of Topliss-reactive ketones (excluding diaryl/α,β-unsaturated/α-hetero) is 1. The van der Waals surface area contributed by atoms with Gasteiger partial charge in [0.25, 0.3) is 0 Å². The van der Waals surface area contributed by atoms with Gasteiger partial charge in [-0.3, -0.25) is 4.79 Å². The second kappa shape index (κ2) is 5.31. The quantitative estimate of drug-likeness (QED) is 0.783. The van der Waals surface area contributed by atoms with Crippen LogP contribution >= 0.6 is 0 Å². The lowest BCUT2D eigenvalue weighted by Crippen LogP contribution is -2.03. The number of hydrogen-bond donors (Lipinski definition) is 0. The molecule has 1 aromatic carbocycles. The second-order valence-electron chi connectivity index (χ2n) is 5.05. The molecule has 0 aliphatic rings. The van der Waals surface area contributed by atoms with Crippen molar-refractivity contribution < 1.29 is 4.79 Å². The molecule has 1 aromatic heterocycles. The van der Waals surface area contributed by atoms with Gasteiger partial charge in [0.05, 0.1) is 5.69 Å². The van der Waals surface area contributed by atoms with Gasteiger partial charge in [0.15, 0.2) is 11.6 Å². The Morgan fingerprint density at radius 1 is 1.11 bits per heavy atom.